The molecule has 3 aromatic heterocycles. The third-order valence-electron chi connectivity index (χ3n) is 5.43. The van der Waals surface area contributed by atoms with Gasteiger partial charge >= 0.3 is 6.18 Å². The molecule has 1 aliphatic carbocycles. The van der Waals surface area contributed by atoms with Gasteiger partial charge in [0.1, 0.15) is 11.5 Å². The zero-order valence-electron chi connectivity index (χ0n) is 18.4. The van der Waals surface area contributed by atoms with Crippen molar-refractivity contribution in [2.24, 2.45) is 0 Å². The van der Waals surface area contributed by atoms with Gasteiger partial charge in [0.15, 0.2) is 17.3 Å². The molecule has 0 saturated heterocycles. The van der Waals surface area contributed by atoms with Crippen molar-refractivity contribution in [2.45, 2.75) is 37.6 Å². The van der Waals surface area contributed by atoms with Crippen LogP contribution in [0.5, 0.6) is 0 Å². The molecule has 1 saturated carbocycles. The minimum absolute atomic E-state index is 0.0458. The SMILES string of the molecule is [2H]C1(n2ncc(-c3onc(-c4c(F)cccc4Cl)c3-c3ncccn3)c2C(F)(F)F)CC(C)(O)C1. The van der Waals surface area contributed by atoms with Gasteiger partial charge in [0.2, 0.25) is 0 Å². The van der Waals surface area contributed by atoms with Gasteiger partial charge in [-0.15, -0.1) is 0 Å². The molecule has 1 N–H and O–H groups in total. The van der Waals surface area contributed by atoms with Crippen LogP contribution in [0.4, 0.5) is 17.6 Å². The van der Waals surface area contributed by atoms with Crippen molar-refractivity contribution in [3.63, 3.8) is 0 Å². The van der Waals surface area contributed by atoms with Gasteiger partial charge in [-0.25, -0.2) is 14.4 Å². The zero-order valence-corrected chi connectivity index (χ0v) is 18.2. The molecule has 176 valence electrons. The number of benzene rings is 1. The van der Waals surface area contributed by atoms with E-state index in [1.807, 2.05) is 0 Å². The molecular weight excluding hydrogens is 478 g/mol. The summed E-state index contributed by atoms with van der Waals surface area (Å²) in [6.45, 7) is 1.43. The molecule has 0 amide bonds. The number of aliphatic hydroxyl groups is 1. The highest BCUT2D eigenvalue weighted by molar-refractivity contribution is 6.33. The third kappa shape index (κ3) is 3.74. The van der Waals surface area contributed by atoms with Gasteiger partial charge in [-0.2, -0.15) is 18.3 Å². The fourth-order valence-electron chi connectivity index (χ4n) is 4.01. The van der Waals surface area contributed by atoms with Crippen LogP contribution >= 0.6 is 11.6 Å². The molecule has 0 aliphatic heterocycles. The van der Waals surface area contributed by atoms with E-state index in [-0.39, 0.29) is 40.5 Å². The molecule has 4 aromatic rings. The summed E-state index contributed by atoms with van der Waals surface area (Å²) in [6, 6.07) is 3.56. The topological polar surface area (TPSA) is 89.9 Å². The first-order valence-corrected chi connectivity index (χ1v) is 10.4. The minimum atomic E-state index is -4.96. The molecule has 0 spiro atoms. The van der Waals surface area contributed by atoms with Gasteiger partial charge in [0.25, 0.3) is 0 Å². The Balaban J connectivity index is 1.77. The fraction of sp³-hybridized carbons (Fsp3) is 0.273. The second-order valence-electron chi connectivity index (χ2n) is 8.14. The lowest BCUT2D eigenvalue weighted by molar-refractivity contribution is -0.148. The van der Waals surface area contributed by atoms with Crippen LogP contribution in [-0.4, -0.2) is 35.6 Å². The van der Waals surface area contributed by atoms with Crippen molar-refractivity contribution in [2.75, 3.05) is 0 Å². The van der Waals surface area contributed by atoms with Crippen LogP contribution in [0.15, 0.2) is 47.4 Å². The number of alkyl halides is 3. The van der Waals surface area contributed by atoms with Gasteiger partial charge in [-0.05, 0) is 38.0 Å². The Hall–Kier alpha value is -3.31. The molecule has 0 atom stereocenters. The van der Waals surface area contributed by atoms with E-state index in [0.717, 1.165) is 12.3 Å². The summed E-state index contributed by atoms with van der Waals surface area (Å²) in [6.07, 6.45) is -1.87. The van der Waals surface area contributed by atoms with E-state index in [2.05, 4.69) is 20.2 Å². The van der Waals surface area contributed by atoms with Gasteiger partial charge in [-0.3, -0.25) is 4.68 Å². The molecule has 1 aliphatic rings. The lowest BCUT2D eigenvalue weighted by atomic mass is 9.77. The maximum Gasteiger partial charge on any atom is 0.433 e. The molecule has 7 nitrogen and oxygen atoms in total. The monoisotopic (exact) mass is 494 g/mol. The van der Waals surface area contributed by atoms with Crippen molar-refractivity contribution < 1.29 is 28.6 Å². The molecule has 5 rings (SSSR count). The molecule has 3 heterocycles. The summed E-state index contributed by atoms with van der Waals surface area (Å²) in [7, 11) is 0. The number of halogens is 5. The Morgan fingerprint density at radius 2 is 1.91 bits per heavy atom. The summed E-state index contributed by atoms with van der Waals surface area (Å²) in [4.78, 5) is 8.18. The summed E-state index contributed by atoms with van der Waals surface area (Å²) in [5.41, 5.74) is -3.61. The van der Waals surface area contributed by atoms with E-state index in [0.29, 0.717) is 4.68 Å². The van der Waals surface area contributed by atoms with Gasteiger partial charge in [0, 0.05) is 12.4 Å². The summed E-state index contributed by atoms with van der Waals surface area (Å²) < 4.78 is 72.0. The standard InChI is InChI=1S/C22H16ClF4N5O2/c1-21(33)8-11(9-21)32-19(22(25,26)27)12(10-30-32)18-16(20-28-6-3-7-29-20)17(31-34-18)15-13(23)4-2-5-14(15)24/h2-7,10-11,33H,8-9H2,1H3/i11D. The Bertz CT molecular complexity index is 1390. The van der Waals surface area contributed by atoms with Crippen molar-refractivity contribution in [3.8, 4) is 34.0 Å². The van der Waals surface area contributed by atoms with Crippen LogP contribution in [0.1, 0.15) is 32.8 Å². The lowest BCUT2D eigenvalue weighted by Crippen LogP contribution is -2.43. The first-order valence-electron chi connectivity index (χ1n) is 10.5. The second-order valence-corrected chi connectivity index (χ2v) is 8.54. The molecule has 12 heteroatoms. The highest BCUT2D eigenvalue weighted by atomic mass is 35.5. The average Bonchev–Trinajstić information content (AvgIpc) is 3.37. The number of hydrogen-bond donors (Lipinski definition) is 1. The third-order valence-corrected chi connectivity index (χ3v) is 5.75. The molecule has 0 bridgehead atoms. The van der Waals surface area contributed by atoms with E-state index >= 15 is 0 Å². The number of aromatic nitrogens is 5. The molecule has 1 aromatic carbocycles. The molecule has 0 unspecified atom stereocenters. The number of hydrogen-bond acceptors (Lipinski definition) is 6. The second kappa shape index (κ2) is 7.88. The predicted octanol–water partition coefficient (Wildman–Crippen LogP) is 5.56. The Kier molecular flexibility index (Phi) is 4.92. The van der Waals surface area contributed by atoms with E-state index in [1.54, 1.807) is 0 Å². The van der Waals surface area contributed by atoms with Gasteiger partial charge in [-0.1, -0.05) is 22.8 Å². The highest BCUT2D eigenvalue weighted by Gasteiger charge is 2.47. The first kappa shape index (κ1) is 21.2. The number of rotatable bonds is 4. The van der Waals surface area contributed by atoms with E-state index in [9.17, 15) is 22.7 Å². The quantitative estimate of drug-likeness (QED) is 0.374. The van der Waals surface area contributed by atoms with E-state index < -0.39 is 40.6 Å². The van der Waals surface area contributed by atoms with Crippen molar-refractivity contribution in [3.05, 3.63) is 59.4 Å². The molecule has 34 heavy (non-hydrogen) atoms. The maximum absolute atomic E-state index is 14.7. The van der Waals surface area contributed by atoms with Crippen LogP contribution < -0.4 is 0 Å². The number of nitrogens with zero attached hydrogens (tertiary/aromatic N) is 5. The van der Waals surface area contributed by atoms with Crippen LogP contribution in [0.2, 0.25) is 5.02 Å². The lowest BCUT2D eigenvalue weighted by Gasteiger charge is -2.41. The largest absolute Gasteiger partial charge is 0.433 e. The van der Waals surface area contributed by atoms with E-state index in [4.69, 9.17) is 17.5 Å². The molecule has 0 radical (unpaired) electrons. The van der Waals surface area contributed by atoms with Crippen LogP contribution in [0.25, 0.3) is 34.0 Å². The fourth-order valence-corrected chi connectivity index (χ4v) is 4.26. The predicted molar refractivity (Wildman–Crippen MR) is 113 cm³/mol. The average molecular weight is 495 g/mol. The van der Waals surface area contributed by atoms with Crippen LogP contribution in [0, 0.1) is 5.82 Å². The minimum Gasteiger partial charge on any atom is -0.390 e. The van der Waals surface area contributed by atoms with Crippen LogP contribution in [-0.2, 0) is 6.18 Å². The normalized spacial score (nSPS) is 23.0. The Labute approximate surface area is 196 Å². The highest BCUT2D eigenvalue weighted by Crippen LogP contribution is 2.48. The zero-order chi connectivity index (χ0) is 25.2. The summed E-state index contributed by atoms with van der Waals surface area (Å²) in [5.74, 6) is -1.27. The maximum atomic E-state index is 14.7. The molecular formula is C22H16ClF4N5O2. The van der Waals surface area contributed by atoms with Crippen LogP contribution in [0.3, 0.4) is 0 Å². The Morgan fingerprint density at radius 1 is 1.21 bits per heavy atom. The molecule has 1 fully saturated rings. The van der Waals surface area contributed by atoms with E-state index in [1.165, 1.54) is 37.5 Å². The first-order chi connectivity index (χ1) is 16.4. The Morgan fingerprint density at radius 3 is 2.53 bits per heavy atom. The van der Waals surface area contributed by atoms with Crippen molar-refractivity contribution in [1.82, 2.24) is 24.9 Å². The van der Waals surface area contributed by atoms with Gasteiger partial charge in [0.05, 0.1) is 40.9 Å². The van der Waals surface area contributed by atoms with Gasteiger partial charge < -0.3 is 9.63 Å². The smallest absolute Gasteiger partial charge is 0.390 e. The van der Waals surface area contributed by atoms with Crippen molar-refractivity contribution >= 4 is 11.6 Å². The summed E-state index contributed by atoms with van der Waals surface area (Å²) >= 11 is 6.19. The van der Waals surface area contributed by atoms with Crippen molar-refractivity contribution in [1.29, 1.82) is 0 Å². The summed E-state index contributed by atoms with van der Waals surface area (Å²) in [5, 5.41) is 17.7.